The lowest BCUT2D eigenvalue weighted by Gasteiger charge is -2.16. The second-order valence-corrected chi connectivity index (χ2v) is 6.92. The second-order valence-electron chi connectivity index (χ2n) is 6.92. The van der Waals surface area contributed by atoms with Crippen LogP contribution in [0.25, 0.3) is 11.1 Å². The lowest BCUT2D eigenvalue weighted by Crippen LogP contribution is -2.07. The average molecular weight is 360 g/mol. The Hall–Kier alpha value is -3.07. The maximum Gasteiger partial charge on any atom is 0.338 e. The van der Waals surface area contributed by atoms with Crippen LogP contribution < -0.4 is 9.47 Å². The minimum Gasteiger partial charge on any atom is -0.457 e. The fourth-order valence-corrected chi connectivity index (χ4v) is 3.16. The van der Waals surface area contributed by atoms with Gasteiger partial charge in [-0.1, -0.05) is 37.9 Å². The van der Waals surface area contributed by atoms with E-state index < -0.39 is 5.97 Å². The number of carbonyl (C=O) groups is 1. The average Bonchev–Trinajstić information content (AvgIpc) is 3.12. The van der Waals surface area contributed by atoms with Crippen molar-refractivity contribution in [2.24, 2.45) is 0 Å². The van der Waals surface area contributed by atoms with Crippen molar-refractivity contribution >= 4 is 5.97 Å². The molecule has 27 heavy (non-hydrogen) atoms. The molecule has 138 valence electrons. The van der Waals surface area contributed by atoms with Crippen LogP contribution in [0.4, 0.5) is 0 Å². The molecule has 0 unspecified atom stereocenters. The number of hydrogen-bond donors (Lipinski definition) is 0. The first-order valence-electron chi connectivity index (χ1n) is 9.02. The zero-order valence-corrected chi connectivity index (χ0v) is 15.9. The molecule has 0 atom stereocenters. The molecule has 0 saturated heterocycles. The first-order valence-corrected chi connectivity index (χ1v) is 9.02. The first-order chi connectivity index (χ1) is 12.9. The van der Waals surface area contributed by atoms with Gasteiger partial charge in [0.15, 0.2) is 0 Å². The van der Waals surface area contributed by atoms with Crippen molar-refractivity contribution in [2.45, 2.75) is 33.1 Å². The Labute approximate surface area is 160 Å². The summed E-state index contributed by atoms with van der Waals surface area (Å²) in [6.45, 7) is 14.9. The molecule has 0 N–H and O–H groups in total. The van der Waals surface area contributed by atoms with Crippen LogP contribution in [0.15, 0.2) is 73.0 Å². The van der Waals surface area contributed by atoms with Gasteiger partial charge in [0.2, 0.25) is 0 Å². The first kappa shape index (κ1) is 18.7. The predicted molar refractivity (Wildman–Crippen MR) is 109 cm³/mol. The highest BCUT2D eigenvalue weighted by Gasteiger charge is 2.21. The molecule has 0 spiro atoms. The predicted octanol–water partition coefficient (Wildman–Crippen LogP) is 5.79. The van der Waals surface area contributed by atoms with Gasteiger partial charge in [0.05, 0.1) is 0 Å². The van der Waals surface area contributed by atoms with Crippen LogP contribution in [0.2, 0.25) is 0 Å². The van der Waals surface area contributed by atoms with Crippen LogP contribution in [0.3, 0.4) is 0 Å². The van der Waals surface area contributed by atoms with Crippen molar-refractivity contribution in [2.75, 3.05) is 0 Å². The molecule has 0 aromatic heterocycles. The third kappa shape index (κ3) is 4.03. The number of benzene rings is 2. The van der Waals surface area contributed by atoms with Crippen LogP contribution in [-0.2, 0) is 17.6 Å². The topological polar surface area (TPSA) is 35.5 Å². The monoisotopic (exact) mass is 360 g/mol. The fraction of sp³-hybridized carbons (Fsp3) is 0.208. The highest BCUT2D eigenvalue weighted by molar-refractivity contribution is 5.88. The largest absolute Gasteiger partial charge is 0.457 e. The lowest BCUT2D eigenvalue weighted by atomic mass is 9.96. The molecule has 0 saturated carbocycles. The van der Waals surface area contributed by atoms with Crippen LogP contribution in [-0.4, -0.2) is 5.97 Å². The highest BCUT2D eigenvalue weighted by atomic mass is 16.5. The van der Waals surface area contributed by atoms with Crippen LogP contribution >= 0.6 is 0 Å². The van der Waals surface area contributed by atoms with E-state index in [1.807, 2.05) is 37.3 Å². The lowest BCUT2D eigenvalue weighted by molar-refractivity contribution is -0.130. The van der Waals surface area contributed by atoms with Gasteiger partial charge in [-0.3, -0.25) is 0 Å². The van der Waals surface area contributed by atoms with Crippen molar-refractivity contribution in [1.29, 1.82) is 0 Å². The Kier molecular flexibility index (Phi) is 5.31. The molecule has 1 aliphatic carbocycles. The van der Waals surface area contributed by atoms with Crippen LogP contribution in [0.1, 0.15) is 31.4 Å². The van der Waals surface area contributed by atoms with Gasteiger partial charge in [-0.15, -0.1) is 0 Å². The molecular weight excluding hydrogens is 336 g/mol. The molecule has 0 fully saturated rings. The van der Waals surface area contributed by atoms with Crippen molar-refractivity contribution in [3.8, 4) is 22.6 Å². The van der Waals surface area contributed by atoms with Crippen LogP contribution in [0, 0.1) is 0 Å². The number of esters is 1. The molecule has 0 amide bonds. The smallest absolute Gasteiger partial charge is 0.338 e. The van der Waals surface area contributed by atoms with Gasteiger partial charge < -0.3 is 9.47 Å². The van der Waals surface area contributed by atoms with E-state index >= 15 is 0 Å². The fourth-order valence-electron chi connectivity index (χ4n) is 3.16. The van der Waals surface area contributed by atoms with Crippen molar-refractivity contribution in [1.82, 2.24) is 0 Å². The summed E-state index contributed by atoms with van der Waals surface area (Å²) in [4.78, 5) is 11.6. The molecule has 3 nitrogen and oxygen atoms in total. The summed E-state index contributed by atoms with van der Waals surface area (Å²) < 4.78 is 11.2. The molecule has 2 aromatic carbocycles. The van der Waals surface area contributed by atoms with Gasteiger partial charge in [0.1, 0.15) is 17.3 Å². The molecule has 1 aliphatic rings. The molecule has 0 bridgehead atoms. The number of rotatable bonds is 6. The number of ether oxygens (including phenoxy) is 2. The zero-order chi connectivity index (χ0) is 19.6. The summed E-state index contributed by atoms with van der Waals surface area (Å²) in [5.41, 5.74) is 6.04. The Morgan fingerprint density at radius 2 is 1.52 bits per heavy atom. The van der Waals surface area contributed by atoms with E-state index in [9.17, 15) is 4.79 Å². The Balaban J connectivity index is 1.88. The second kappa shape index (κ2) is 7.67. The Bertz CT molecular complexity index is 933. The van der Waals surface area contributed by atoms with Crippen molar-refractivity contribution in [3.05, 3.63) is 84.2 Å². The maximum absolute atomic E-state index is 11.6. The van der Waals surface area contributed by atoms with Gasteiger partial charge in [-0.25, -0.2) is 4.79 Å². The number of hydrogen-bond acceptors (Lipinski definition) is 3. The SMILES string of the molecule is C=C(C)C(=C)Oc1ccc(-c2ccc(OC(=O)C(=C)C)cc2)c2c1CCC2. The summed E-state index contributed by atoms with van der Waals surface area (Å²) in [6, 6.07) is 11.7. The van der Waals surface area contributed by atoms with E-state index in [1.54, 1.807) is 6.92 Å². The van der Waals surface area contributed by atoms with E-state index in [0.717, 1.165) is 36.1 Å². The summed E-state index contributed by atoms with van der Waals surface area (Å²) in [6.07, 6.45) is 3.13. The molecular formula is C24H24O3. The summed E-state index contributed by atoms with van der Waals surface area (Å²) in [7, 11) is 0. The van der Waals surface area contributed by atoms with E-state index in [-0.39, 0.29) is 0 Å². The minimum atomic E-state index is -0.414. The van der Waals surface area contributed by atoms with E-state index in [1.165, 1.54) is 16.7 Å². The Morgan fingerprint density at radius 1 is 0.852 bits per heavy atom. The van der Waals surface area contributed by atoms with Gasteiger partial charge in [-0.2, -0.15) is 0 Å². The highest BCUT2D eigenvalue weighted by Crippen LogP contribution is 2.39. The van der Waals surface area contributed by atoms with Crippen molar-refractivity contribution in [3.63, 3.8) is 0 Å². The Morgan fingerprint density at radius 3 is 2.15 bits per heavy atom. The third-order valence-electron chi connectivity index (χ3n) is 4.68. The van der Waals surface area contributed by atoms with Crippen LogP contribution in [0.5, 0.6) is 11.5 Å². The van der Waals surface area contributed by atoms with Gasteiger partial charge in [0.25, 0.3) is 0 Å². The van der Waals surface area contributed by atoms with E-state index in [4.69, 9.17) is 9.47 Å². The maximum atomic E-state index is 11.6. The van der Waals surface area contributed by atoms with Crippen molar-refractivity contribution < 1.29 is 14.3 Å². The van der Waals surface area contributed by atoms with E-state index in [2.05, 4.69) is 25.8 Å². The summed E-state index contributed by atoms with van der Waals surface area (Å²) >= 11 is 0. The molecule has 0 radical (unpaired) electrons. The minimum absolute atomic E-state index is 0.379. The zero-order valence-electron chi connectivity index (χ0n) is 15.9. The number of fused-ring (bicyclic) bond motifs is 1. The normalized spacial score (nSPS) is 12.2. The summed E-state index contributed by atoms with van der Waals surface area (Å²) in [5, 5.41) is 0. The number of allylic oxidation sites excluding steroid dienone is 1. The molecule has 0 heterocycles. The van der Waals surface area contributed by atoms with E-state index in [0.29, 0.717) is 17.1 Å². The summed E-state index contributed by atoms with van der Waals surface area (Å²) in [5.74, 6) is 1.57. The van der Waals surface area contributed by atoms with Gasteiger partial charge in [-0.05, 0) is 79.1 Å². The van der Waals surface area contributed by atoms with Gasteiger partial charge in [0, 0.05) is 5.57 Å². The molecule has 3 rings (SSSR count). The molecule has 2 aromatic rings. The standard InChI is InChI=1S/C24H24O3/c1-15(2)17(5)26-23-14-13-20(21-7-6-8-22(21)23)18-9-11-19(12-10-18)27-24(25)16(3)4/h9-14H,1,3,5-8H2,2,4H3. The third-order valence-corrected chi connectivity index (χ3v) is 4.68. The van der Waals surface area contributed by atoms with Gasteiger partial charge >= 0.3 is 5.97 Å². The molecule has 3 heteroatoms. The quantitative estimate of drug-likeness (QED) is 0.215. The number of carbonyl (C=O) groups excluding carboxylic acids is 1. The molecule has 0 aliphatic heterocycles.